The minimum atomic E-state index is -0.422. The molecule has 0 heterocycles. The van der Waals surface area contributed by atoms with Gasteiger partial charge in [-0.2, -0.15) is 5.10 Å². The maximum atomic E-state index is 14.0. The normalized spacial score (nSPS) is 10.7. The van der Waals surface area contributed by atoms with E-state index in [0.717, 1.165) is 0 Å². The molecule has 0 aliphatic carbocycles. The molecule has 0 atom stereocenters. The molecule has 188 valence electrons. The summed E-state index contributed by atoms with van der Waals surface area (Å²) < 4.78 is 36.9. The van der Waals surface area contributed by atoms with Gasteiger partial charge in [0.2, 0.25) is 0 Å². The number of nitrogens with zero attached hydrogens (tertiary/aromatic N) is 1. The molecule has 0 radical (unpaired) electrons. The molecule has 3 rings (SSSR count). The van der Waals surface area contributed by atoms with Crippen molar-refractivity contribution in [3.8, 4) is 23.0 Å². The van der Waals surface area contributed by atoms with Crippen molar-refractivity contribution in [1.29, 1.82) is 0 Å². The molecule has 0 aliphatic rings. The quantitative estimate of drug-likeness (QED) is 0.170. The number of carbonyl (C=O) groups is 1. The second-order valence-electron chi connectivity index (χ2n) is 7.31. The van der Waals surface area contributed by atoms with Gasteiger partial charge in [0, 0.05) is 11.1 Å². The first kappa shape index (κ1) is 26.7. The lowest BCUT2D eigenvalue weighted by Gasteiger charge is -2.15. The average molecular weight is 557 g/mol. The van der Waals surface area contributed by atoms with E-state index in [1.165, 1.54) is 19.4 Å². The fraction of sp³-hybridized carbons (Fsp3) is 0.185. The number of nitrogens with one attached hydrogen (secondary N) is 1. The topological polar surface area (TPSA) is 78.4 Å². The van der Waals surface area contributed by atoms with Crippen LogP contribution < -0.4 is 24.4 Å². The standard InChI is InChI=1S/C27H26BrFN2O5/c1-4-12-35-23-11-10-19(15-24(23)33-3)27(32)31-30-16-18-13-21(28)26(25(14-18)34-5-2)36-17-20-8-6-7-9-22(20)29/h4,6-11,13-16H,1,5,12,17H2,2-3H3,(H,31,32)/b30-16+. The molecule has 0 unspecified atom stereocenters. The van der Waals surface area contributed by atoms with Gasteiger partial charge in [-0.1, -0.05) is 30.9 Å². The summed E-state index contributed by atoms with van der Waals surface area (Å²) in [5, 5.41) is 4.05. The number of amides is 1. The van der Waals surface area contributed by atoms with E-state index in [2.05, 4.69) is 33.0 Å². The summed E-state index contributed by atoms with van der Waals surface area (Å²) in [4.78, 5) is 12.5. The maximum absolute atomic E-state index is 14.0. The van der Waals surface area contributed by atoms with Crippen LogP contribution in [0.1, 0.15) is 28.4 Å². The molecule has 0 fully saturated rings. The van der Waals surface area contributed by atoms with E-state index < -0.39 is 5.91 Å². The van der Waals surface area contributed by atoms with Gasteiger partial charge in [0.25, 0.3) is 5.91 Å². The van der Waals surface area contributed by atoms with Crippen LogP contribution in [0.15, 0.2) is 76.8 Å². The zero-order chi connectivity index (χ0) is 25.9. The highest BCUT2D eigenvalue weighted by atomic mass is 79.9. The molecule has 3 aromatic carbocycles. The third-order valence-corrected chi connectivity index (χ3v) is 5.41. The molecule has 0 saturated heterocycles. The van der Waals surface area contributed by atoms with Crippen LogP contribution in [0.3, 0.4) is 0 Å². The maximum Gasteiger partial charge on any atom is 0.271 e. The highest BCUT2D eigenvalue weighted by Gasteiger charge is 2.14. The third-order valence-electron chi connectivity index (χ3n) is 4.82. The number of hydrogen-bond donors (Lipinski definition) is 1. The van der Waals surface area contributed by atoms with E-state index in [0.29, 0.717) is 57.4 Å². The third kappa shape index (κ3) is 7.08. The lowest BCUT2D eigenvalue weighted by molar-refractivity contribution is 0.0954. The fourth-order valence-corrected chi connectivity index (χ4v) is 3.71. The lowest BCUT2D eigenvalue weighted by atomic mass is 10.2. The van der Waals surface area contributed by atoms with Gasteiger partial charge >= 0.3 is 0 Å². The highest BCUT2D eigenvalue weighted by molar-refractivity contribution is 9.10. The smallest absolute Gasteiger partial charge is 0.271 e. The van der Waals surface area contributed by atoms with Crippen LogP contribution in [0, 0.1) is 5.82 Å². The lowest BCUT2D eigenvalue weighted by Crippen LogP contribution is -2.17. The fourth-order valence-electron chi connectivity index (χ4n) is 3.14. The van der Waals surface area contributed by atoms with Gasteiger partial charge in [-0.05, 0) is 64.8 Å². The van der Waals surface area contributed by atoms with Crippen LogP contribution in [0.25, 0.3) is 0 Å². The van der Waals surface area contributed by atoms with Crippen molar-refractivity contribution >= 4 is 28.1 Å². The molecule has 9 heteroatoms. The number of halogens is 2. The summed E-state index contributed by atoms with van der Waals surface area (Å²) >= 11 is 3.48. The zero-order valence-electron chi connectivity index (χ0n) is 19.9. The monoisotopic (exact) mass is 556 g/mol. The van der Waals surface area contributed by atoms with Gasteiger partial charge in [0.1, 0.15) is 19.0 Å². The average Bonchev–Trinajstić information content (AvgIpc) is 2.88. The molecule has 1 N–H and O–H groups in total. The number of rotatable bonds is 12. The predicted molar refractivity (Wildman–Crippen MR) is 140 cm³/mol. The molecule has 0 saturated carbocycles. The summed E-state index contributed by atoms with van der Waals surface area (Å²) in [5.74, 6) is 1.05. The first-order valence-corrected chi connectivity index (χ1v) is 11.8. The van der Waals surface area contributed by atoms with Gasteiger partial charge in [-0.25, -0.2) is 9.82 Å². The Kier molecular flexibility index (Phi) is 9.88. The number of carbonyl (C=O) groups excluding carboxylic acids is 1. The van der Waals surface area contributed by atoms with Crippen LogP contribution in [-0.4, -0.2) is 32.4 Å². The van der Waals surface area contributed by atoms with Gasteiger partial charge < -0.3 is 18.9 Å². The summed E-state index contributed by atoms with van der Waals surface area (Å²) in [6.07, 6.45) is 3.09. The van der Waals surface area contributed by atoms with Crippen LogP contribution in [0.2, 0.25) is 0 Å². The van der Waals surface area contributed by atoms with E-state index in [-0.39, 0.29) is 12.4 Å². The van der Waals surface area contributed by atoms with Crippen LogP contribution in [0.4, 0.5) is 4.39 Å². The van der Waals surface area contributed by atoms with Crippen molar-refractivity contribution < 1.29 is 28.1 Å². The number of ether oxygens (including phenoxy) is 4. The Morgan fingerprint density at radius 1 is 1.08 bits per heavy atom. The predicted octanol–water partition coefficient (Wildman–Crippen LogP) is 5.90. The first-order valence-electron chi connectivity index (χ1n) is 11.0. The molecule has 0 bridgehead atoms. The summed E-state index contributed by atoms with van der Waals surface area (Å²) in [6.45, 7) is 6.21. The Balaban J connectivity index is 1.71. The SMILES string of the molecule is C=CCOc1ccc(C(=O)N/N=C/c2cc(Br)c(OCc3ccccc3F)c(OCC)c2)cc1OC. The minimum Gasteiger partial charge on any atom is -0.493 e. The number of hydrazone groups is 1. The molecule has 0 spiro atoms. The molecule has 3 aromatic rings. The summed E-state index contributed by atoms with van der Waals surface area (Å²) in [7, 11) is 1.49. The van der Waals surface area contributed by atoms with Crippen LogP contribution >= 0.6 is 15.9 Å². The van der Waals surface area contributed by atoms with E-state index in [1.54, 1.807) is 54.6 Å². The van der Waals surface area contributed by atoms with E-state index in [9.17, 15) is 9.18 Å². The molecule has 0 aromatic heterocycles. The minimum absolute atomic E-state index is 0.0374. The molecular weight excluding hydrogens is 531 g/mol. The summed E-state index contributed by atoms with van der Waals surface area (Å²) in [5.41, 5.74) is 3.91. The van der Waals surface area contributed by atoms with Gasteiger partial charge in [0.05, 0.1) is 24.4 Å². The van der Waals surface area contributed by atoms with Crippen LogP contribution in [0.5, 0.6) is 23.0 Å². The Hall–Kier alpha value is -3.85. The molecule has 7 nitrogen and oxygen atoms in total. The molecule has 36 heavy (non-hydrogen) atoms. The van der Waals surface area contributed by atoms with Crippen molar-refractivity contribution in [3.63, 3.8) is 0 Å². The molecular formula is C27H26BrFN2O5. The number of methoxy groups -OCH3 is 1. The van der Waals surface area contributed by atoms with E-state index in [1.807, 2.05) is 6.92 Å². The second kappa shape index (κ2) is 13.3. The Morgan fingerprint density at radius 2 is 1.89 bits per heavy atom. The number of hydrogen-bond acceptors (Lipinski definition) is 6. The first-order chi connectivity index (χ1) is 17.5. The Bertz CT molecular complexity index is 1250. The van der Waals surface area contributed by atoms with Crippen molar-refractivity contribution in [2.75, 3.05) is 20.3 Å². The Morgan fingerprint density at radius 3 is 2.61 bits per heavy atom. The van der Waals surface area contributed by atoms with Crippen molar-refractivity contribution in [3.05, 3.63) is 94.2 Å². The van der Waals surface area contributed by atoms with Gasteiger partial charge in [-0.15, -0.1) is 0 Å². The summed E-state index contributed by atoms with van der Waals surface area (Å²) in [6, 6.07) is 14.7. The van der Waals surface area contributed by atoms with Crippen molar-refractivity contribution in [2.45, 2.75) is 13.5 Å². The van der Waals surface area contributed by atoms with E-state index >= 15 is 0 Å². The molecule has 0 aliphatic heterocycles. The van der Waals surface area contributed by atoms with Crippen molar-refractivity contribution in [1.82, 2.24) is 5.43 Å². The molecule has 1 amide bonds. The van der Waals surface area contributed by atoms with Gasteiger partial charge in [0.15, 0.2) is 23.0 Å². The highest BCUT2D eigenvalue weighted by Crippen LogP contribution is 2.37. The van der Waals surface area contributed by atoms with Crippen molar-refractivity contribution in [2.24, 2.45) is 5.10 Å². The second-order valence-corrected chi connectivity index (χ2v) is 8.16. The van der Waals surface area contributed by atoms with Gasteiger partial charge in [-0.3, -0.25) is 4.79 Å². The van der Waals surface area contributed by atoms with E-state index in [4.69, 9.17) is 18.9 Å². The Labute approximate surface area is 217 Å². The number of benzene rings is 3. The largest absolute Gasteiger partial charge is 0.493 e. The zero-order valence-corrected chi connectivity index (χ0v) is 21.5. The van der Waals surface area contributed by atoms with Crippen LogP contribution in [-0.2, 0) is 6.61 Å².